The van der Waals surface area contributed by atoms with E-state index in [-0.39, 0.29) is 18.5 Å². The molecule has 3 rings (SSSR count). The van der Waals surface area contributed by atoms with E-state index in [0.29, 0.717) is 11.1 Å². The molecule has 0 atom stereocenters. The molecule has 0 N–H and O–H groups in total. The Morgan fingerprint density at radius 2 is 2.00 bits per heavy atom. The summed E-state index contributed by atoms with van der Waals surface area (Å²) >= 11 is 0. The van der Waals surface area contributed by atoms with E-state index in [2.05, 4.69) is 0 Å². The fourth-order valence-electron chi connectivity index (χ4n) is 2.88. The average Bonchev–Trinajstić information content (AvgIpc) is 2.79. The number of hydrogen-bond donors (Lipinski definition) is 0. The molecule has 0 aromatic heterocycles. The summed E-state index contributed by atoms with van der Waals surface area (Å²) in [6.07, 6.45) is 3.78. The summed E-state index contributed by atoms with van der Waals surface area (Å²) in [5, 5.41) is 0. The highest BCUT2D eigenvalue weighted by atomic mass is 16.5. The van der Waals surface area contributed by atoms with Crippen LogP contribution in [0.2, 0.25) is 0 Å². The molecule has 0 radical (unpaired) electrons. The highest BCUT2D eigenvalue weighted by Gasteiger charge is 2.31. The summed E-state index contributed by atoms with van der Waals surface area (Å²) in [6.45, 7) is 0.269. The van der Waals surface area contributed by atoms with Crippen LogP contribution in [0.4, 0.5) is 0 Å². The zero-order chi connectivity index (χ0) is 12.7. The van der Waals surface area contributed by atoms with Crippen molar-refractivity contribution in [2.45, 2.75) is 32.3 Å². The molecule has 4 nitrogen and oxygen atoms in total. The lowest BCUT2D eigenvalue weighted by atomic mass is 9.83. The monoisotopic (exact) mass is 246 g/mol. The number of cyclic esters (lactones) is 1. The number of fused-ring (bicyclic) bond motifs is 3. The lowest BCUT2D eigenvalue weighted by Gasteiger charge is -2.20. The SMILES string of the molecule is COC(=O)c1cc2c(c3c1CCCC3)C(=O)OC2. The zero-order valence-corrected chi connectivity index (χ0v) is 10.2. The van der Waals surface area contributed by atoms with Crippen molar-refractivity contribution >= 4 is 11.9 Å². The van der Waals surface area contributed by atoms with Crippen LogP contribution in [0.3, 0.4) is 0 Å². The Hall–Kier alpha value is -1.84. The summed E-state index contributed by atoms with van der Waals surface area (Å²) < 4.78 is 9.89. The molecular weight excluding hydrogens is 232 g/mol. The first kappa shape index (κ1) is 11.3. The molecule has 1 heterocycles. The Labute approximate surface area is 105 Å². The van der Waals surface area contributed by atoms with E-state index < -0.39 is 0 Å². The molecular formula is C14H14O4. The molecule has 0 bridgehead atoms. The van der Waals surface area contributed by atoms with Gasteiger partial charge in [0, 0.05) is 5.56 Å². The molecule has 0 amide bonds. The van der Waals surface area contributed by atoms with Gasteiger partial charge in [-0.05, 0) is 42.9 Å². The van der Waals surface area contributed by atoms with Gasteiger partial charge in [-0.2, -0.15) is 0 Å². The third-order valence-electron chi connectivity index (χ3n) is 3.70. The van der Waals surface area contributed by atoms with Gasteiger partial charge in [0.1, 0.15) is 6.61 Å². The van der Waals surface area contributed by atoms with Crippen LogP contribution >= 0.6 is 0 Å². The lowest BCUT2D eigenvalue weighted by molar-refractivity contribution is 0.0533. The fourth-order valence-corrected chi connectivity index (χ4v) is 2.88. The van der Waals surface area contributed by atoms with Gasteiger partial charge >= 0.3 is 11.9 Å². The molecule has 0 saturated heterocycles. The summed E-state index contributed by atoms with van der Waals surface area (Å²) in [4.78, 5) is 23.6. The number of esters is 2. The van der Waals surface area contributed by atoms with Gasteiger partial charge in [0.25, 0.3) is 0 Å². The smallest absolute Gasteiger partial charge is 0.339 e. The lowest BCUT2D eigenvalue weighted by Crippen LogP contribution is -2.16. The van der Waals surface area contributed by atoms with Crippen LogP contribution in [0.5, 0.6) is 0 Å². The largest absolute Gasteiger partial charge is 0.465 e. The normalized spacial score (nSPS) is 16.8. The van der Waals surface area contributed by atoms with E-state index in [1.807, 2.05) is 0 Å². The van der Waals surface area contributed by atoms with Crippen LogP contribution in [0.15, 0.2) is 6.07 Å². The maximum atomic E-state index is 11.8. The topological polar surface area (TPSA) is 52.6 Å². The van der Waals surface area contributed by atoms with Crippen molar-refractivity contribution < 1.29 is 19.1 Å². The van der Waals surface area contributed by atoms with Crippen molar-refractivity contribution in [3.63, 3.8) is 0 Å². The number of hydrogen-bond acceptors (Lipinski definition) is 4. The van der Waals surface area contributed by atoms with Crippen LogP contribution in [-0.4, -0.2) is 19.0 Å². The Morgan fingerprint density at radius 3 is 2.72 bits per heavy atom. The standard InChI is InChI=1S/C14H14O4/c1-17-13(15)11-6-8-7-18-14(16)12(8)10-5-3-2-4-9(10)11/h6H,2-5,7H2,1H3. The molecule has 1 aromatic rings. The second-order valence-corrected chi connectivity index (χ2v) is 4.69. The highest BCUT2D eigenvalue weighted by Crippen LogP contribution is 2.34. The van der Waals surface area contributed by atoms with Gasteiger partial charge < -0.3 is 9.47 Å². The molecule has 0 spiro atoms. The maximum absolute atomic E-state index is 11.8. The van der Waals surface area contributed by atoms with Crippen LogP contribution in [0.1, 0.15) is 50.2 Å². The highest BCUT2D eigenvalue weighted by molar-refractivity contribution is 5.99. The first-order chi connectivity index (χ1) is 8.72. The van der Waals surface area contributed by atoms with E-state index in [4.69, 9.17) is 9.47 Å². The minimum atomic E-state index is -0.324. The van der Waals surface area contributed by atoms with Crippen molar-refractivity contribution in [2.24, 2.45) is 0 Å². The molecule has 0 saturated carbocycles. The molecule has 94 valence electrons. The third kappa shape index (κ3) is 1.52. The first-order valence-corrected chi connectivity index (χ1v) is 6.15. The zero-order valence-electron chi connectivity index (χ0n) is 10.2. The van der Waals surface area contributed by atoms with Gasteiger partial charge in [-0.15, -0.1) is 0 Å². The number of methoxy groups -OCH3 is 1. The van der Waals surface area contributed by atoms with Gasteiger partial charge in [-0.1, -0.05) is 0 Å². The average molecular weight is 246 g/mol. The van der Waals surface area contributed by atoms with Crippen molar-refractivity contribution in [3.05, 3.63) is 33.9 Å². The molecule has 1 aliphatic heterocycles. The van der Waals surface area contributed by atoms with Gasteiger partial charge in [0.15, 0.2) is 0 Å². The van der Waals surface area contributed by atoms with Gasteiger partial charge in [0.2, 0.25) is 0 Å². The minimum absolute atomic E-state index is 0.250. The van der Waals surface area contributed by atoms with Crippen molar-refractivity contribution in [1.82, 2.24) is 0 Å². The number of carbonyl (C=O) groups excluding carboxylic acids is 2. The van der Waals surface area contributed by atoms with Crippen LogP contribution in [0.25, 0.3) is 0 Å². The molecule has 1 aromatic carbocycles. The van der Waals surface area contributed by atoms with Crippen LogP contribution < -0.4 is 0 Å². The maximum Gasteiger partial charge on any atom is 0.339 e. The van der Waals surface area contributed by atoms with Crippen LogP contribution in [-0.2, 0) is 28.9 Å². The van der Waals surface area contributed by atoms with Crippen LogP contribution in [0, 0.1) is 0 Å². The molecule has 0 fully saturated rings. The quantitative estimate of drug-likeness (QED) is 0.711. The third-order valence-corrected chi connectivity index (χ3v) is 3.70. The minimum Gasteiger partial charge on any atom is -0.465 e. The van der Waals surface area contributed by atoms with Crippen molar-refractivity contribution in [3.8, 4) is 0 Å². The second-order valence-electron chi connectivity index (χ2n) is 4.69. The summed E-state index contributed by atoms with van der Waals surface area (Å²) in [5.41, 5.74) is 4.09. The number of ether oxygens (including phenoxy) is 2. The molecule has 0 unspecified atom stereocenters. The van der Waals surface area contributed by atoms with E-state index in [1.54, 1.807) is 6.07 Å². The summed E-state index contributed by atoms with van der Waals surface area (Å²) in [5.74, 6) is -0.574. The Bertz CT molecular complexity index is 545. The number of carbonyl (C=O) groups is 2. The molecule has 2 aliphatic rings. The van der Waals surface area contributed by atoms with E-state index >= 15 is 0 Å². The molecule has 18 heavy (non-hydrogen) atoms. The summed E-state index contributed by atoms with van der Waals surface area (Å²) in [7, 11) is 1.38. The van der Waals surface area contributed by atoms with Gasteiger partial charge in [0.05, 0.1) is 18.2 Å². The Balaban J connectivity index is 2.24. The van der Waals surface area contributed by atoms with E-state index in [0.717, 1.165) is 42.4 Å². The summed E-state index contributed by atoms with van der Waals surface area (Å²) in [6, 6.07) is 1.76. The number of rotatable bonds is 1. The predicted octanol–water partition coefficient (Wildman–Crippen LogP) is 2.02. The van der Waals surface area contributed by atoms with Crippen molar-refractivity contribution in [2.75, 3.05) is 7.11 Å². The second kappa shape index (κ2) is 4.12. The molecule has 4 heteroatoms. The van der Waals surface area contributed by atoms with Gasteiger partial charge in [-0.25, -0.2) is 9.59 Å². The van der Waals surface area contributed by atoms with E-state index in [1.165, 1.54) is 7.11 Å². The Morgan fingerprint density at radius 1 is 1.28 bits per heavy atom. The van der Waals surface area contributed by atoms with Gasteiger partial charge in [-0.3, -0.25) is 0 Å². The van der Waals surface area contributed by atoms with Crippen molar-refractivity contribution in [1.29, 1.82) is 0 Å². The molecule has 1 aliphatic carbocycles. The Kier molecular flexibility index (Phi) is 2.58. The van der Waals surface area contributed by atoms with E-state index in [9.17, 15) is 9.59 Å². The predicted molar refractivity (Wildman–Crippen MR) is 63.5 cm³/mol. The fraction of sp³-hybridized carbons (Fsp3) is 0.429. The first-order valence-electron chi connectivity index (χ1n) is 6.15. The number of benzene rings is 1.